The van der Waals surface area contributed by atoms with Gasteiger partial charge in [-0.1, -0.05) is 0 Å². The van der Waals surface area contributed by atoms with Crippen LogP contribution in [-0.2, 0) is 6.54 Å². The fourth-order valence-electron chi connectivity index (χ4n) is 1.47. The summed E-state index contributed by atoms with van der Waals surface area (Å²) in [6.07, 6.45) is 1.92. The molecule has 0 amide bonds. The van der Waals surface area contributed by atoms with Crippen LogP contribution in [0.25, 0.3) is 5.69 Å². The summed E-state index contributed by atoms with van der Waals surface area (Å²) < 4.78 is 1.81. The Morgan fingerprint density at radius 1 is 1.33 bits per heavy atom. The van der Waals surface area contributed by atoms with E-state index in [0.717, 1.165) is 22.6 Å². The molecule has 15 heavy (non-hydrogen) atoms. The van der Waals surface area contributed by atoms with Crippen molar-refractivity contribution in [1.82, 2.24) is 9.78 Å². The lowest BCUT2D eigenvalue weighted by molar-refractivity contribution is 0.859. The lowest BCUT2D eigenvalue weighted by Gasteiger charge is -2.06. The maximum atomic E-state index is 5.77. The van der Waals surface area contributed by atoms with E-state index in [1.54, 1.807) is 0 Å². The van der Waals surface area contributed by atoms with E-state index >= 15 is 0 Å². The first-order chi connectivity index (χ1) is 7.20. The van der Waals surface area contributed by atoms with Crippen LogP contribution in [0.2, 0.25) is 0 Å². The Hall–Kier alpha value is -1.81. The second-order valence-corrected chi connectivity index (χ2v) is 3.49. The van der Waals surface area contributed by atoms with Crippen LogP contribution in [0.15, 0.2) is 30.5 Å². The Kier molecular flexibility index (Phi) is 2.43. The first-order valence-electron chi connectivity index (χ1n) is 4.82. The highest BCUT2D eigenvalue weighted by Crippen LogP contribution is 2.16. The summed E-state index contributed by atoms with van der Waals surface area (Å²) in [6, 6.07) is 7.70. The van der Waals surface area contributed by atoms with Crippen molar-refractivity contribution >= 4 is 5.69 Å². The molecule has 0 saturated carbocycles. The molecule has 4 N–H and O–H groups in total. The van der Waals surface area contributed by atoms with Crippen LogP contribution in [0.5, 0.6) is 0 Å². The molecule has 0 radical (unpaired) electrons. The van der Waals surface area contributed by atoms with Crippen molar-refractivity contribution in [3.63, 3.8) is 0 Å². The van der Waals surface area contributed by atoms with Crippen molar-refractivity contribution in [2.24, 2.45) is 5.73 Å². The molecule has 4 nitrogen and oxygen atoms in total. The summed E-state index contributed by atoms with van der Waals surface area (Å²) in [7, 11) is 0. The normalized spacial score (nSPS) is 10.5. The minimum Gasteiger partial charge on any atom is -0.398 e. The number of nitrogen functional groups attached to an aromatic ring is 1. The molecule has 4 heteroatoms. The third-order valence-electron chi connectivity index (χ3n) is 2.33. The monoisotopic (exact) mass is 202 g/mol. The Bertz CT molecular complexity index is 473. The van der Waals surface area contributed by atoms with Gasteiger partial charge in [0.1, 0.15) is 0 Å². The van der Waals surface area contributed by atoms with E-state index in [0.29, 0.717) is 6.54 Å². The highest BCUT2D eigenvalue weighted by Gasteiger charge is 2.02. The van der Waals surface area contributed by atoms with Gasteiger partial charge in [-0.2, -0.15) is 5.10 Å². The maximum Gasteiger partial charge on any atom is 0.0650 e. The minimum atomic E-state index is 0.444. The topological polar surface area (TPSA) is 69.9 Å². The van der Waals surface area contributed by atoms with E-state index in [9.17, 15) is 0 Å². The fraction of sp³-hybridized carbons (Fsp3) is 0.182. The number of benzene rings is 1. The van der Waals surface area contributed by atoms with Gasteiger partial charge in [0.25, 0.3) is 0 Å². The summed E-state index contributed by atoms with van der Waals surface area (Å²) in [6.45, 7) is 2.40. The van der Waals surface area contributed by atoms with Crippen LogP contribution in [0, 0.1) is 6.92 Å². The fourth-order valence-corrected chi connectivity index (χ4v) is 1.47. The molecule has 0 fully saturated rings. The van der Waals surface area contributed by atoms with Crippen molar-refractivity contribution in [2.75, 3.05) is 5.73 Å². The van der Waals surface area contributed by atoms with Crippen molar-refractivity contribution in [3.8, 4) is 5.69 Å². The molecule has 0 atom stereocenters. The molecule has 0 spiro atoms. The zero-order valence-electron chi connectivity index (χ0n) is 8.64. The van der Waals surface area contributed by atoms with Crippen molar-refractivity contribution in [3.05, 3.63) is 41.7 Å². The van der Waals surface area contributed by atoms with Gasteiger partial charge in [0.15, 0.2) is 0 Å². The number of aromatic nitrogens is 2. The van der Waals surface area contributed by atoms with Crippen LogP contribution in [0.3, 0.4) is 0 Å². The van der Waals surface area contributed by atoms with E-state index in [4.69, 9.17) is 11.5 Å². The number of aryl methyl sites for hydroxylation is 1. The van der Waals surface area contributed by atoms with Crippen molar-refractivity contribution in [1.29, 1.82) is 0 Å². The summed E-state index contributed by atoms with van der Waals surface area (Å²) in [5.41, 5.74) is 15.0. The highest BCUT2D eigenvalue weighted by atomic mass is 15.3. The SMILES string of the molecule is Cc1ccn(-c2ccc(N)c(CN)c2)n1. The smallest absolute Gasteiger partial charge is 0.0650 e. The highest BCUT2D eigenvalue weighted by molar-refractivity contribution is 5.52. The maximum absolute atomic E-state index is 5.77. The van der Waals surface area contributed by atoms with Gasteiger partial charge < -0.3 is 11.5 Å². The van der Waals surface area contributed by atoms with Gasteiger partial charge in [0, 0.05) is 18.4 Å². The number of nitrogens with two attached hydrogens (primary N) is 2. The van der Waals surface area contributed by atoms with Crippen molar-refractivity contribution in [2.45, 2.75) is 13.5 Å². The number of nitrogens with zero attached hydrogens (tertiary/aromatic N) is 2. The molecule has 0 aliphatic heterocycles. The molecule has 0 unspecified atom stereocenters. The summed E-state index contributed by atoms with van der Waals surface area (Å²) >= 11 is 0. The van der Waals surface area contributed by atoms with Gasteiger partial charge in [-0.3, -0.25) is 0 Å². The average Bonchev–Trinajstić information content (AvgIpc) is 2.66. The van der Waals surface area contributed by atoms with Gasteiger partial charge in [0.05, 0.1) is 11.4 Å². The van der Waals surface area contributed by atoms with Crippen LogP contribution < -0.4 is 11.5 Å². The molecule has 0 aliphatic carbocycles. The molecule has 2 aromatic rings. The molecule has 0 bridgehead atoms. The van der Waals surface area contributed by atoms with Gasteiger partial charge in [-0.25, -0.2) is 4.68 Å². The number of anilines is 1. The third kappa shape index (κ3) is 1.85. The molecule has 78 valence electrons. The Balaban J connectivity index is 2.45. The van der Waals surface area contributed by atoms with E-state index in [2.05, 4.69) is 5.10 Å². The number of hydrogen-bond acceptors (Lipinski definition) is 3. The van der Waals surface area contributed by atoms with E-state index < -0.39 is 0 Å². The molecule has 1 heterocycles. The Morgan fingerprint density at radius 2 is 2.13 bits per heavy atom. The third-order valence-corrected chi connectivity index (χ3v) is 2.33. The molecule has 1 aromatic heterocycles. The molecular weight excluding hydrogens is 188 g/mol. The number of rotatable bonds is 2. The quantitative estimate of drug-likeness (QED) is 0.719. The average molecular weight is 202 g/mol. The van der Waals surface area contributed by atoms with Gasteiger partial charge in [-0.05, 0) is 36.8 Å². The Labute approximate surface area is 88.5 Å². The van der Waals surface area contributed by atoms with Gasteiger partial charge >= 0.3 is 0 Å². The van der Waals surface area contributed by atoms with Crippen LogP contribution >= 0.6 is 0 Å². The lowest BCUT2D eigenvalue weighted by atomic mass is 10.1. The number of hydrogen-bond donors (Lipinski definition) is 2. The van der Waals surface area contributed by atoms with Crippen LogP contribution in [0.4, 0.5) is 5.69 Å². The van der Waals surface area contributed by atoms with E-state index in [1.807, 2.05) is 42.1 Å². The summed E-state index contributed by atoms with van der Waals surface area (Å²) in [5.74, 6) is 0. The molecule has 0 saturated heterocycles. The largest absolute Gasteiger partial charge is 0.398 e. The molecular formula is C11H14N4. The standard InChI is InChI=1S/C11H14N4/c1-8-4-5-15(14-8)10-2-3-11(13)9(6-10)7-12/h2-6H,7,12-13H2,1H3. The predicted octanol–water partition coefficient (Wildman–Crippen LogP) is 1.22. The van der Waals surface area contributed by atoms with Gasteiger partial charge in [0.2, 0.25) is 0 Å². The van der Waals surface area contributed by atoms with E-state index in [-0.39, 0.29) is 0 Å². The molecule has 2 rings (SSSR count). The van der Waals surface area contributed by atoms with Crippen LogP contribution in [0.1, 0.15) is 11.3 Å². The zero-order valence-corrected chi connectivity index (χ0v) is 8.64. The van der Waals surface area contributed by atoms with E-state index in [1.165, 1.54) is 0 Å². The van der Waals surface area contributed by atoms with Gasteiger partial charge in [-0.15, -0.1) is 0 Å². The minimum absolute atomic E-state index is 0.444. The predicted molar refractivity (Wildman–Crippen MR) is 60.6 cm³/mol. The van der Waals surface area contributed by atoms with Crippen LogP contribution in [-0.4, -0.2) is 9.78 Å². The Morgan fingerprint density at radius 3 is 2.73 bits per heavy atom. The first kappa shape index (κ1) is 9.73. The zero-order chi connectivity index (χ0) is 10.8. The summed E-state index contributed by atoms with van der Waals surface area (Å²) in [5, 5.41) is 4.32. The summed E-state index contributed by atoms with van der Waals surface area (Å²) in [4.78, 5) is 0. The molecule has 1 aromatic carbocycles. The lowest BCUT2D eigenvalue weighted by Crippen LogP contribution is -2.04. The molecule has 0 aliphatic rings. The first-order valence-corrected chi connectivity index (χ1v) is 4.82. The second kappa shape index (κ2) is 3.74. The van der Waals surface area contributed by atoms with Crippen molar-refractivity contribution < 1.29 is 0 Å². The second-order valence-electron chi connectivity index (χ2n) is 3.49.